The second-order valence-electron chi connectivity index (χ2n) is 3.42. The van der Waals surface area contributed by atoms with Gasteiger partial charge in [0.05, 0.1) is 12.1 Å². The smallest absolute Gasteiger partial charge is 0.305 e. The van der Waals surface area contributed by atoms with E-state index in [2.05, 4.69) is 16.6 Å². The lowest BCUT2D eigenvalue weighted by Gasteiger charge is -2.20. The van der Waals surface area contributed by atoms with Gasteiger partial charge in [0.15, 0.2) is 0 Å². The fourth-order valence-corrected chi connectivity index (χ4v) is 1.54. The van der Waals surface area contributed by atoms with Gasteiger partial charge in [0.1, 0.15) is 0 Å². The van der Waals surface area contributed by atoms with E-state index in [1.165, 1.54) is 7.11 Å². The third-order valence-electron chi connectivity index (χ3n) is 2.00. The molecule has 2 N–H and O–H groups in total. The molecule has 0 heterocycles. The quantitative estimate of drug-likeness (QED) is 0.498. The highest BCUT2D eigenvalue weighted by Gasteiger charge is 2.06. The normalized spacial score (nSPS) is 10.3. The Labute approximate surface area is 96.8 Å². The summed E-state index contributed by atoms with van der Waals surface area (Å²) in [6, 6.07) is 0. The van der Waals surface area contributed by atoms with Crippen LogP contribution in [-0.4, -0.2) is 42.6 Å². The molecule has 0 saturated carbocycles. The van der Waals surface area contributed by atoms with Crippen molar-refractivity contribution < 1.29 is 9.53 Å². The molecule has 5 heteroatoms. The van der Waals surface area contributed by atoms with E-state index in [0.717, 1.165) is 25.9 Å². The van der Waals surface area contributed by atoms with Crippen molar-refractivity contribution in [3.63, 3.8) is 0 Å². The van der Waals surface area contributed by atoms with Crippen LogP contribution in [0.25, 0.3) is 0 Å². The van der Waals surface area contributed by atoms with Crippen LogP contribution in [-0.2, 0) is 9.53 Å². The number of ether oxygens (including phenoxy) is 1. The van der Waals surface area contributed by atoms with Gasteiger partial charge in [-0.3, -0.25) is 9.69 Å². The zero-order chi connectivity index (χ0) is 11.7. The van der Waals surface area contributed by atoms with Crippen molar-refractivity contribution >= 4 is 23.2 Å². The van der Waals surface area contributed by atoms with Gasteiger partial charge in [0, 0.05) is 13.0 Å². The highest BCUT2D eigenvalue weighted by Crippen LogP contribution is 1.98. The Morgan fingerprint density at radius 2 is 2.13 bits per heavy atom. The summed E-state index contributed by atoms with van der Waals surface area (Å²) in [6.45, 7) is 4.52. The second-order valence-corrected chi connectivity index (χ2v) is 3.95. The minimum Gasteiger partial charge on any atom is -0.469 e. The molecule has 0 aromatic heterocycles. The zero-order valence-corrected chi connectivity index (χ0v) is 10.3. The summed E-state index contributed by atoms with van der Waals surface area (Å²) >= 11 is 4.86. The Bertz CT molecular complexity index is 210. The molecule has 0 radical (unpaired) electrons. The van der Waals surface area contributed by atoms with Crippen molar-refractivity contribution in [2.24, 2.45) is 5.73 Å². The van der Waals surface area contributed by atoms with Gasteiger partial charge in [-0.2, -0.15) is 0 Å². The van der Waals surface area contributed by atoms with E-state index < -0.39 is 0 Å². The Morgan fingerprint density at radius 1 is 1.47 bits per heavy atom. The van der Waals surface area contributed by atoms with E-state index in [9.17, 15) is 4.79 Å². The molecule has 0 unspecified atom stereocenters. The monoisotopic (exact) mass is 232 g/mol. The highest BCUT2D eigenvalue weighted by molar-refractivity contribution is 7.80. The molecule has 0 atom stereocenters. The number of nitrogens with zero attached hydrogens (tertiary/aromatic N) is 1. The number of thiocarbonyl (C=S) groups is 1. The summed E-state index contributed by atoms with van der Waals surface area (Å²) < 4.78 is 4.57. The van der Waals surface area contributed by atoms with Crippen LogP contribution in [0.4, 0.5) is 0 Å². The molecule has 0 aliphatic carbocycles. The first-order valence-electron chi connectivity index (χ1n) is 5.17. The third-order valence-corrected chi connectivity index (χ3v) is 2.13. The zero-order valence-electron chi connectivity index (χ0n) is 9.49. The summed E-state index contributed by atoms with van der Waals surface area (Å²) in [6.07, 6.45) is 2.30. The van der Waals surface area contributed by atoms with Gasteiger partial charge >= 0.3 is 5.97 Å². The Hall–Kier alpha value is -0.680. The van der Waals surface area contributed by atoms with E-state index in [1.807, 2.05) is 0 Å². The molecule has 0 rings (SSSR count). The van der Waals surface area contributed by atoms with Gasteiger partial charge < -0.3 is 10.5 Å². The predicted molar refractivity (Wildman–Crippen MR) is 64.8 cm³/mol. The van der Waals surface area contributed by atoms with E-state index >= 15 is 0 Å². The van der Waals surface area contributed by atoms with Crippen LogP contribution in [0.15, 0.2) is 0 Å². The van der Waals surface area contributed by atoms with Gasteiger partial charge in [-0.25, -0.2) is 0 Å². The molecule has 4 nitrogen and oxygen atoms in total. The maximum absolute atomic E-state index is 10.9. The fraction of sp³-hybridized carbons (Fsp3) is 0.800. The Kier molecular flexibility index (Phi) is 8.22. The first kappa shape index (κ1) is 14.3. The maximum Gasteiger partial charge on any atom is 0.305 e. The lowest BCUT2D eigenvalue weighted by Crippen LogP contribution is -2.34. The lowest BCUT2D eigenvalue weighted by atomic mass is 10.3. The topological polar surface area (TPSA) is 55.6 Å². The number of hydrogen-bond donors (Lipinski definition) is 1. The van der Waals surface area contributed by atoms with Crippen LogP contribution in [0.3, 0.4) is 0 Å². The number of rotatable bonds is 8. The predicted octanol–water partition coefficient (Wildman–Crippen LogP) is 0.938. The maximum atomic E-state index is 10.9. The van der Waals surface area contributed by atoms with Crippen LogP contribution in [0, 0.1) is 0 Å². The lowest BCUT2D eigenvalue weighted by molar-refractivity contribution is -0.140. The van der Waals surface area contributed by atoms with Crippen LogP contribution < -0.4 is 5.73 Å². The van der Waals surface area contributed by atoms with Gasteiger partial charge in [0.25, 0.3) is 0 Å². The number of carbonyl (C=O) groups is 1. The molecule has 0 fully saturated rings. The summed E-state index contributed by atoms with van der Waals surface area (Å²) in [5, 5.41) is 0. The average Bonchev–Trinajstić information content (AvgIpc) is 2.16. The van der Waals surface area contributed by atoms with Crippen molar-refractivity contribution in [3.8, 4) is 0 Å². The SMILES string of the molecule is CCCN(CCCC(=O)OC)CC(N)=S. The molecular formula is C10H20N2O2S. The Balaban J connectivity index is 3.74. The van der Waals surface area contributed by atoms with Crippen molar-refractivity contribution in [1.29, 1.82) is 0 Å². The summed E-state index contributed by atoms with van der Waals surface area (Å²) in [7, 11) is 1.40. The Morgan fingerprint density at radius 3 is 2.60 bits per heavy atom. The minimum atomic E-state index is -0.165. The average molecular weight is 232 g/mol. The minimum absolute atomic E-state index is 0.165. The standard InChI is InChI=1S/C10H20N2O2S/c1-3-6-12(8-9(11)15)7-4-5-10(13)14-2/h3-8H2,1-2H3,(H2,11,15). The van der Waals surface area contributed by atoms with Gasteiger partial charge in [-0.05, 0) is 25.9 Å². The molecule has 0 aliphatic heterocycles. The van der Waals surface area contributed by atoms with Crippen LogP contribution in [0.5, 0.6) is 0 Å². The number of hydrogen-bond acceptors (Lipinski definition) is 4. The van der Waals surface area contributed by atoms with Crippen molar-refractivity contribution in [3.05, 3.63) is 0 Å². The fourth-order valence-electron chi connectivity index (χ4n) is 1.36. The molecule has 0 aliphatic rings. The first-order chi connectivity index (χ1) is 7.10. The first-order valence-corrected chi connectivity index (χ1v) is 5.58. The number of methoxy groups -OCH3 is 1. The summed E-state index contributed by atoms with van der Waals surface area (Å²) in [5.74, 6) is -0.165. The van der Waals surface area contributed by atoms with E-state index in [4.69, 9.17) is 18.0 Å². The summed E-state index contributed by atoms with van der Waals surface area (Å²) in [5.41, 5.74) is 5.48. The van der Waals surface area contributed by atoms with Crippen LogP contribution in [0.1, 0.15) is 26.2 Å². The largest absolute Gasteiger partial charge is 0.469 e. The third kappa shape index (κ3) is 8.32. The molecule has 0 bridgehead atoms. The number of esters is 1. The van der Waals surface area contributed by atoms with Crippen molar-refractivity contribution in [2.75, 3.05) is 26.7 Å². The molecule has 0 aromatic carbocycles. The van der Waals surface area contributed by atoms with Crippen LogP contribution in [0.2, 0.25) is 0 Å². The van der Waals surface area contributed by atoms with Gasteiger partial charge in [0.2, 0.25) is 0 Å². The van der Waals surface area contributed by atoms with E-state index in [-0.39, 0.29) is 5.97 Å². The highest BCUT2D eigenvalue weighted by atomic mass is 32.1. The molecule has 0 saturated heterocycles. The molecular weight excluding hydrogens is 212 g/mol. The number of carbonyl (C=O) groups excluding carboxylic acids is 1. The molecule has 15 heavy (non-hydrogen) atoms. The van der Waals surface area contributed by atoms with Crippen LogP contribution >= 0.6 is 12.2 Å². The van der Waals surface area contributed by atoms with E-state index in [0.29, 0.717) is 18.0 Å². The number of nitrogens with two attached hydrogens (primary N) is 1. The van der Waals surface area contributed by atoms with Gasteiger partial charge in [-0.15, -0.1) is 0 Å². The molecule has 88 valence electrons. The van der Waals surface area contributed by atoms with Gasteiger partial charge in [-0.1, -0.05) is 19.1 Å². The summed E-state index contributed by atoms with van der Waals surface area (Å²) in [4.78, 5) is 13.5. The molecule has 0 spiro atoms. The molecule has 0 aromatic rings. The molecule has 0 amide bonds. The van der Waals surface area contributed by atoms with Crippen molar-refractivity contribution in [2.45, 2.75) is 26.2 Å². The van der Waals surface area contributed by atoms with Crippen molar-refractivity contribution in [1.82, 2.24) is 4.90 Å². The second kappa shape index (κ2) is 8.61. The van der Waals surface area contributed by atoms with E-state index in [1.54, 1.807) is 0 Å².